The van der Waals surface area contributed by atoms with E-state index in [1.165, 1.54) is 6.20 Å². The summed E-state index contributed by atoms with van der Waals surface area (Å²) in [6.45, 7) is 1.48. The number of carboxylic acid groups (broad SMARTS) is 1. The molecule has 0 unspecified atom stereocenters. The van der Waals surface area contributed by atoms with Crippen LogP contribution >= 0.6 is 0 Å². The van der Waals surface area contributed by atoms with Gasteiger partial charge >= 0.3 is 17.8 Å². The summed E-state index contributed by atoms with van der Waals surface area (Å²) < 4.78 is 6.16. The van der Waals surface area contributed by atoms with Crippen LogP contribution in [0.1, 0.15) is 17.5 Å². The average molecular weight is 534 g/mol. The van der Waals surface area contributed by atoms with Crippen molar-refractivity contribution in [1.82, 2.24) is 24.8 Å². The van der Waals surface area contributed by atoms with Crippen LogP contribution < -0.4 is 21.6 Å². The van der Waals surface area contributed by atoms with Gasteiger partial charge in [-0.3, -0.25) is 14.7 Å². The van der Waals surface area contributed by atoms with Crippen molar-refractivity contribution in [2.75, 3.05) is 17.2 Å². The minimum absolute atomic E-state index is 0.0315. The first-order chi connectivity index (χ1) is 18.8. The standard InChI is InChI=1S/C26H27N7O6/c1-16-13-33(14-20(23(35)36)30-26(38)39-15-17-7-3-2-4-8-17)25(37)32-22(16)27-12-11-21(34)31-24-28-18-9-5-6-10-19(18)29-24/h2-10,13,20H,11-12,14-15H2,1H3,(H,30,38)(H,35,36)(H,27,32,37)(H2,28,29,31,34)/t20-/m0/s1. The van der Waals surface area contributed by atoms with Crippen LogP contribution in [0.3, 0.4) is 0 Å². The van der Waals surface area contributed by atoms with Gasteiger partial charge in [-0.2, -0.15) is 4.98 Å². The van der Waals surface area contributed by atoms with E-state index in [0.29, 0.717) is 11.5 Å². The van der Waals surface area contributed by atoms with E-state index in [1.54, 1.807) is 31.2 Å². The average Bonchev–Trinajstić information content (AvgIpc) is 3.32. The third kappa shape index (κ3) is 7.41. The van der Waals surface area contributed by atoms with Crippen molar-refractivity contribution in [3.63, 3.8) is 0 Å². The highest BCUT2D eigenvalue weighted by atomic mass is 16.5. The van der Waals surface area contributed by atoms with E-state index in [4.69, 9.17) is 4.74 Å². The Hall–Kier alpha value is -5.20. The molecule has 0 fully saturated rings. The molecule has 0 radical (unpaired) electrons. The minimum Gasteiger partial charge on any atom is -0.480 e. The Kier molecular flexibility index (Phi) is 8.51. The summed E-state index contributed by atoms with van der Waals surface area (Å²) in [6.07, 6.45) is 0.583. The predicted octanol–water partition coefficient (Wildman–Crippen LogP) is 2.25. The number of nitrogens with zero attached hydrogens (tertiary/aromatic N) is 3. The summed E-state index contributed by atoms with van der Waals surface area (Å²) in [5, 5.41) is 17.4. The molecule has 0 spiro atoms. The predicted molar refractivity (Wildman–Crippen MR) is 142 cm³/mol. The monoisotopic (exact) mass is 533 g/mol. The van der Waals surface area contributed by atoms with Gasteiger partial charge in [0.05, 0.1) is 17.6 Å². The Bertz CT molecular complexity index is 1500. The van der Waals surface area contributed by atoms with Gasteiger partial charge in [-0.1, -0.05) is 42.5 Å². The molecular weight excluding hydrogens is 506 g/mol. The van der Waals surface area contributed by atoms with Crippen LogP contribution in [0.25, 0.3) is 11.0 Å². The third-order valence-electron chi connectivity index (χ3n) is 5.65. The van der Waals surface area contributed by atoms with Gasteiger partial charge in [-0.25, -0.2) is 19.4 Å². The van der Waals surface area contributed by atoms with Crippen LogP contribution in [-0.4, -0.2) is 55.2 Å². The molecule has 0 aliphatic heterocycles. The second-order valence-corrected chi connectivity index (χ2v) is 8.63. The Morgan fingerprint density at radius 3 is 2.56 bits per heavy atom. The van der Waals surface area contributed by atoms with Crippen molar-refractivity contribution in [3.8, 4) is 0 Å². The molecule has 0 bridgehead atoms. The normalized spacial score (nSPS) is 11.5. The SMILES string of the molecule is Cc1cn(C[C@H](NC(=O)OCc2ccccc2)C(=O)O)c(=O)nc1NCCC(=O)Nc1nc2ccccc2[nH]1. The number of para-hydroxylation sites is 2. The van der Waals surface area contributed by atoms with Crippen LogP contribution in [0.15, 0.2) is 65.6 Å². The Labute approximate surface area is 222 Å². The molecule has 39 heavy (non-hydrogen) atoms. The van der Waals surface area contributed by atoms with Crippen LogP contribution in [0.4, 0.5) is 16.6 Å². The number of carbonyl (C=O) groups excluding carboxylic acids is 2. The van der Waals surface area contributed by atoms with Crippen molar-refractivity contribution < 1.29 is 24.2 Å². The molecule has 4 aromatic rings. The zero-order chi connectivity index (χ0) is 27.8. The summed E-state index contributed by atoms with van der Waals surface area (Å²) >= 11 is 0. The number of imidazole rings is 1. The molecule has 0 aliphatic rings. The quantitative estimate of drug-likeness (QED) is 0.193. The summed E-state index contributed by atoms with van der Waals surface area (Å²) in [4.78, 5) is 59.9. The molecule has 2 amide bonds. The number of fused-ring (bicyclic) bond motifs is 1. The van der Waals surface area contributed by atoms with Gasteiger partial charge in [0, 0.05) is 24.7 Å². The van der Waals surface area contributed by atoms with Gasteiger partial charge in [0.2, 0.25) is 11.9 Å². The van der Waals surface area contributed by atoms with E-state index < -0.39 is 23.8 Å². The van der Waals surface area contributed by atoms with E-state index in [-0.39, 0.29) is 37.8 Å². The van der Waals surface area contributed by atoms with Gasteiger partial charge in [0.15, 0.2) is 0 Å². The molecule has 2 aromatic heterocycles. The molecule has 0 saturated heterocycles. The number of aromatic nitrogens is 4. The smallest absolute Gasteiger partial charge is 0.408 e. The lowest BCUT2D eigenvalue weighted by molar-refractivity contribution is -0.139. The van der Waals surface area contributed by atoms with Gasteiger partial charge in [0.1, 0.15) is 18.5 Å². The maximum atomic E-state index is 12.6. The summed E-state index contributed by atoms with van der Waals surface area (Å²) in [5.74, 6) is -1.03. The van der Waals surface area contributed by atoms with E-state index in [2.05, 4.69) is 30.9 Å². The third-order valence-corrected chi connectivity index (χ3v) is 5.65. The molecule has 13 nitrogen and oxygen atoms in total. The van der Waals surface area contributed by atoms with Gasteiger partial charge in [-0.05, 0) is 24.6 Å². The van der Waals surface area contributed by atoms with Gasteiger partial charge in [-0.15, -0.1) is 0 Å². The highest BCUT2D eigenvalue weighted by Crippen LogP contribution is 2.13. The van der Waals surface area contributed by atoms with Crippen LogP contribution in [-0.2, 0) is 27.5 Å². The van der Waals surface area contributed by atoms with Crippen molar-refractivity contribution >= 4 is 40.8 Å². The van der Waals surface area contributed by atoms with Crippen molar-refractivity contribution in [2.24, 2.45) is 0 Å². The van der Waals surface area contributed by atoms with E-state index in [0.717, 1.165) is 21.2 Å². The first-order valence-electron chi connectivity index (χ1n) is 12.0. The second-order valence-electron chi connectivity index (χ2n) is 8.63. The van der Waals surface area contributed by atoms with Crippen molar-refractivity contribution in [2.45, 2.75) is 32.5 Å². The molecular formula is C26H27N7O6. The number of carboxylic acids is 1. The number of anilines is 2. The second kappa shape index (κ2) is 12.4. The van der Waals surface area contributed by atoms with Crippen molar-refractivity contribution in [3.05, 3.63) is 82.4 Å². The zero-order valence-electron chi connectivity index (χ0n) is 21.0. The highest BCUT2D eigenvalue weighted by molar-refractivity contribution is 5.91. The maximum Gasteiger partial charge on any atom is 0.408 e. The fourth-order valence-electron chi connectivity index (χ4n) is 3.70. The number of aliphatic carboxylic acids is 1. The van der Waals surface area contributed by atoms with Gasteiger partial charge in [0.25, 0.3) is 0 Å². The maximum absolute atomic E-state index is 12.6. The fraction of sp³-hybridized carbons (Fsp3) is 0.231. The van der Waals surface area contributed by atoms with Crippen molar-refractivity contribution in [1.29, 1.82) is 0 Å². The molecule has 202 valence electrons. The number of carbonyl (C=O) groups is 3. The fourth-order valence-corrected chi connectivity index (χ4v) is 3.70. The number of H-pyrrole nitrogens is 1. The van der Waals surface area contributed by atoms with E-state index in [9.17, 15) is 24.3 Å². The number of hydrogen-bond donors (Lipinski definition) is 5. The lowest BCUT2D eigenvalue weighted by Gasteiger charge is -2.17. The number of amides is 2. The van der Waals surface area contributed by atoms with Crippen LogP contribution in [0.5, 0.6) is 0 Å². The topological polar surface area (TPSA) is 180 Å². The number of rotatable bonds is 11. The Balaban J connectivity index is 1.29. The number of benzene rings is 2. The van der Waals surface area contributed by atoms with E-state index in [1.807, 2.05) is 30.3 Å². The number of alkyl carbamates (subject to hydrolysis) is 1. The first kappa shape index (κ1) is 26.9. The molecule has 1 atom stereocenters. The molecule has 0 aliphatic carbocycles. The van der Waals surface area contributed by atoms with Gasteiger partial charge < -0.3 is 25.5 Å². The molecule has 5 N–H and O–H groups in total. The largest absolute Gasteiger partial charge is 0.480 e. The molecule has 13 heteroatoms. The summed E-state index contributed by atoms with van der Waals surface area (Å²) in [6, 6.07) is 14.9. The summed E-state index contributed by atoms with van der Waals surface area (Å²) in [7, 11) is 0. The lowest BCUT2D eigenvalue weighted by Crippen LogP contribution is -2.45. The minimum atomic E-state index is -1.42. The lowest BCUT2D eigenvalue weighted by atomic mass is 10.2. The zero-order valence-corrected chi connectivity index (χ0v) is 21.0. The molecule has 0 saturated carbocycles. The Morgan fingerprint density at radius 1 is 1.08 bits per heavy atom. The summed E-state index contributed by atoms with van der Waals surface area (Å²) in [5.41, 5.74) is 2.10. The molecule has 2 heterocycles. The Morgan fingerprint density at radius 2 is 1.82 bits per heavy atom. The first-order valence-corrected chi connectivity index (χ1v) is 12.0. The highest BCUT2D eigenvalue weighted by Gasteiger charge is 2.22. The molecule has 4 rings (SSSR count). The number of hydrogen-bond acceptors (Lipinski definition) is 8. The number of aryl methyl sites for hydroxylation is 1. The van der Waals surface area contributed by atoms with E-state index >= 15 is 0 Å². The number of aromatic amines is 1. The van der Waals surface area contributed by atoms with Crippen LogP contribution in [0.2, 0.25) is 0 Å². The number of ether oxygens (including phenoxy) is 1. The number of nitrogens with one attached hydrogen (secondary N) is 4. The van der Waals surface area contributed by atoms with Crippen LogP contribution in [0, 0.1) is 6.92 Å². The molecule has 2 aromatic carbocycles.